The predicted octanol–water partition coefficient (Wildman–Crippen LogP) is 15.6. The molecule has 0 fully saturated rings. The Kier molecular flexibility index (Phi) is 46.6. The molecule has 0 saturated carbocycles. The van der Waals surface area contributed by atoms with Crippen LogP contribution >= 0.6 is 7.82 Å². The van der Waals surface area contributed by atoms with Crippen molar-refractivity contribution in [3.8, 4) is 0 Å². The smallest absolute Gasteiger partial charge is 0.268 e. The molecule has 9 heteroatoms. The lowest BCUT2D eigenvalue weighted by Crippen LogP contribution is -2.45. The molecule has 0 radical (unpaired) electrons. The van der Waals surface area contributed by atoms with Gasteiger partial charge in [-0.05, 0) is 70.6 Å². The van der Waals surface area contributed by atoms with Crippen LogP contribution in [0.15, 0.2) is 97.2 Å². The van der Waals surface area contributed by atoms with E-state index in [4.69, 9.17) is 9.05 Å². The Bertz CT molecular complexity index is 1410. The summed E-state index contributed by atoms with van der Waals surface area (Å²) in [6.45, 7) is 4.36. The van der Waals surface area contributed by atoms with E-state index in [2.05, 4.69) is 104 Å². The van der Waals surface area contributed by atoms with Crippen LogP contribution in [-0.2, 0) is 18.4 Å². The summed E-state index contributed by atoms with van der Waals surface area (Å²) < 4.78 is 23.0. The Hall–Kier alpha value is -2.58. The van der Waals surface area contributed by atoms with Crippen molar-refractivity contribution in [1.29, 1.82) is 0 Å². The second kappa shape index (κ2) is 48.4. The molecule has 0 bridgehead atoms. The molecule has 0 saturated heterocycles. The van der Waals surface area contributed by atoms with Crippen molar-refractivity contribution in [2.45, 2.75) is 225 Å². The van der Waals surface area contributed by atoms with Crippen LogP contribution in [0.4, 0.5) is 0 Å². The molecule has 3 atom stereocenters. The minimum atomic E-state index is -4.57. The maximum Gasteiger partial charge on any atom is 0.268 e. The third-order valence-corrected chi connectivity index (χ3v) is 12.5. The van der Waals surface area contributed by atoms with E-state index in [9.17, 15) is 19.4 Å². The van der Waals surface area contributed by atoms with E-state index in [1.54, 1.807) is 6.08 Å². The molecule has 8 nitrogen and oxygen atoms in total. The van der Waals surface area contributed by atoms with Crippen molar-refractivity contribution >= 4 is 13.7 Å². The van der Waals surface area contributed by atoms with Crippen LogP contribution < -0.4 is 10.2 Å². The molecule has 0 aromatic heterocycles. The number of phosphoric acid groups is 1. The minimum absolute atomic E-state index is 0.00424. The average Bonchev–Trinajstić information content (AvgIpc) is 3.29. The van der Waals surface area contributed by atoms with Crippen molar-refractivity contribution in [1.82, 2.24) is 5.32 Å². The Morgan fingerprint density at radius 3 is 1.31 bits per heavy atom. The number of nitrogens with one attached hydrogen (secondary N) is 1. The molecule has 0 aromatic carbocycles. The van der Waals surface area contributed by atoms with Gasteiger partial charge in [0.05, 0.1) is 39.9 Å². The zero-order valence-electron chi connectivity index (χ0n) is 43.8. The SMILES string of the molecule is CC/C=C\C/C=C\C/C=C\C/C=C\C/C=C\C/C=C\C/C=C\CCCCCCCCCCCCCCCCCCCCCC(=O)NC(COP(=O)([O-])OCC[N+](C)(C)C)C(O)/C=C/CCCC. The fraction of sp³-hybridized carbons (Fsp3) is 0.707. The van der Waals surface area contributed by atoms with Crippen LogP contribution in [0.3, 0.4) is 0 Å². The number of aliphatic hydroxyl groups excluding tert-OH is 1. The Balaban J connectivity index is 3.73. The highest BCUT2D eigenvalue weighted by Gasteiger charge is 2.23. The number of phosphoric ester groups is 1. The van der Waals surface area contributed by atoms with E-state index < -0.39 is 20.0 Å². The zero-order chi connectivity index (χ0) is 49.2. The van der Waals surface area contributed by atoms with Crippen molar-refractivity contribution in [3.05, 3.63) is 97.2 Å². The van der Waals surface area contributed by atoms with E-state index in [-0.39, 0.29) is 19.1 Å². The summed E-state index contributed by atoms with van der Waals surface area (Å²) in [4.78, 5) is 25.1. The molecule has 1 amide bonds. The largest absolute Gasteiger partial charge is 0.756 e. The van der Waals surface area contributed by atoms with Crippen molar-refractivity contribution in [2.24, 2.45) is 0 Å². The second-order valence-corrected chi connectivity index (χ2v) is 20.6. The number of carbonyl (C=O) groups excluding carboxylic acids is 1. The second-order valence-electron chi connectivity index (χ2n) is 19.2. The van der Waals surface area contributed by atoms with Gasteiger partial charge < -0.3 is 28.8 Å². The highest BCUT2D eigenvalue weighted by atomic mass is 31.2. The van der Waals surface area contributed by atoms with Crippen molar-refractivity contribution < 1.29 is 32.9 Å². The normalized spacial score (nSPS) is 14.8. The molecule has 67 heavy (non-hydrogen) atoms. The van der Waals surface area contributed by atoms with E-state index in [1.165, 1.54) is 109 Å². The lowest BCUT2D eigenvalue weighted by molar-refractivity contribution is -0.870. The van der Waals surface area contributed by atoms with Gasteiger partial charge >= 0.3 is 0 Å². The molecule has 3 unspecified atom stereocenters. The van der Waals surface area contributed by atoms with Crippen LogP contribution in [0, 0.1) is 0 Å². The maximum atomic E-state index is 12.7. The number of allylic oxidation sites excluding steroid dienone is 15. The number of quaternary nitrogens is 1. The zero-order valence-corrected chi connectivity index (χ0v) is 44.7. The predicted molar refractivity (Wildman–Crippen MR) is 288 cm³/mol. The number of carbonyl (C=O) groups is 1. The summed E-state index contributed by atoms with van der Waals surface area (Å²) in [5.41, 5.74) is 0. The first kappa shape index (κ1) is 64.4. The first-order valence-corrected chi connectivity index (χ1v) is 28.6. The van der Waals surface area contributed by atoms with Crippen molar-refractivity contribution in [2.75, 3.05) is 40.9 Å². The van der Waals surface area contributed by atoms with Gasteiger partial charge in [0.15, 0.2) is 0 Å². The highest BCUT2D eigenvalue weighted by Crippen LogP contribution is 2.38. The van der Waals surface area contributed by atoms with Crippen LogP contribution in [0.5, 0.6) is 0 Å². The molecule has 0 aliphatic heterocycles. The number of aliphatic hydroxyl groups is 1. The van der Waals surface area contributed by atoms with Gasteiger partial charge in [-0.2, -0.15) is 0 Å². The topological polar surface area (TPSA) is 108 Å². The van der Waals surface area contributed by atoms with E-state index >= 15 is 0 Å². The van der Waals surface area contributed by atoms with E-state index in [1.807, 2.05) is 27.2 Å². The summed E-state index contributed by atoms with van der Waals surface area (Å²) in [6, 6.07) is -0.884. The first-order valence-electron chi connectivity index (χ1n) is 27.1. The number of nitrogens with zero attached hydrogens (tertiary/aromatic N) is 1. The Labute approximate surface area is 413 Å². The van der Waals surface area contributed by atoms with Gasteiger partial charge in [0.25, 0.3) is 7.82 Å². The molecule has 386 valence electrons. The van der Waals surface area contributed by atoms with E-state index in [0.717, 1.165) is 83.5 Å². The fourth-order valence-corrected chi connectivity index (χ4v) is 8.02. The van der Waals surface area contributed by atoms with Crippen LogP contribution in [0.25, 0.3) is 0 Å². The third-order valence-electron chi connectivity index (χ3n) is 11.5. The van der Waals surface area contributed by atoms with Crippen LogP contribution in [-0.4, -0.2) is 68.5 Å². The average molecular weight is 955 g/mol. The molecule has 0 aliphatic carbocycles. The number of rotatable bonds is 48. The fourth-order valence-electron chi connectivity index (χ4n) is 7.30. The van der Waals surface area contributed by atoms with Gasteiger partial charge in [-0.1, -0.05) is 233 Å². The third kappa shape index (κ3) is 51.1. The van der Waals surface area contributed by atoms with Gasteiger partial charge in [-0.15, -0.1) is 0 Å². The van der Waals surface area contributed by atoms with E-state index in [0.29, 0.717) is 17.4 Å². The number of amides is 1. The van der Waals surface area contributed by atoms with Gasteiger partial charge in [0, 0.05) is 6.42 Å². The van der Waals surface area contributed by atoms with Gasteiger partial charge in [0.2, 0.25) is 5.91 Å². The summed E-state index contributed by atoms with van der Waals surface area (Å²) in [5, 5.41) is 13.5. The number of unbranched alkanes of at least 4 members (excludes halogenated alkanes) is 21. The summed E-state index contributed by atoms with van der Waals surface area (Å²) in [5.74, 6) is -0.208. The molecule has 2 N–H and O–H groups in total. The molecule has 0 spiro atoms. The highest BCUT2D eigenvalue weighted by molar-refractivity contribution is 7.45. The van der Waals surface area contributed by atoms with Gasteiger partial charge in [0.1, 0.15) is 13.2 Å². The standard InChI is InChI=1S/C58H103N2O6P/c1-6-8-10-12-13-14-15-16-17-18-19-20-21-22-23-24-25-26-27-28-29-30-31-32-33-34-35-36-37-38-39-40-41-42-43-44-45-46-47-48-50-52-58(62)59-56(57(61)51-49-11-9-7-2)55-66-67(63,64)65-54-53-60(3,4)5/h8,10,13-14,16-17,19-20,22-23,25-26,28-29,49,51,56-57,61H,6-7,9,11-12,15,18,21,24,27,30-48,50,52-55H2,1-5H3,(H-,59,62,63,64)/b10-8-,14-13-,17-16-,20-19-,23-22-,26-25-,29-28-,51-49+. The quantitative estimate of drug-likeness (QED) is 0.0272. The summed E-state index contributed by atoms with van der Waals surface area (Å²) in [6.07, 6.45) is 70.0. The molecule has 0 aromatic rings. The Morgan fingerprint density at radius 1 is 0.537 bits per heavy atom. The number of likely N-dealkylation sites (N-methyl/N-ethyl adjacent to an activating group) is 1. The Morgan fingerprint density at radius 2 is 0.910 bits per heavy atom. The molecular weight excluding hydrogens is 852 g/mol. The lowest BCUT2D eigenvalue weighted by atomic mass is 10.0. The molecule has 0 heterocycles. The monoisotopic (exact) mass is 955 g/mol. The molecule has 0 aliphatic rings. The van der Waals surface area contributed by atoms with Gasteiger partial charge in [-0.25, -0.2) is 0 Å². The molecular formula is C58H103N2O6P. The van der Waals surface area contributed by atoms with Crippen molar-refractivity contribution in [3.63, 3.8) is 0 Å². The lowest BCUT2D eigenvalue weighted by Gasteiger charge is -2.29. The summed E-state index contributed by atoms with van der Waals surface area (Å²) in [7, 11) is 1.25. The van der Waals surface area contributed by atoms with Gasteiger partial charge in [-0.3, -0.25) is 9.36 Å². The van der Waals surface area contributed by atoms with Crippen LogP contribution in [0.2, 0.25) is 0 Å². The maximum absolute atomic E-state index is 12.7. The number of hydrogen-bond acceptors (Lipinski definition) is 6. The molecule has 0 rings (SSSR count). The number of hydrogen-bond donors (Lipinski definition) is 2. The first-order chi connectivity index (χ1) is 32.5. The van der Waals surface area contributed by atoms with Crippen LogP contribution in [0.1, 0.15) is 213 Å². The summed E-state index contributed by atoms with van der Waals surface area (Å²) >= 11 is 0. The minimum Gasteiger partial charge on any atom is -0.756 e.